The normalized spacial score (nSPS) is 13.5. The predicted molar refractivity (Wildman–Crippen MR) is 109 cm³/mol. The summed E-state index contributed by atoms with van der Waals surface area (Å²) in [6.07, 6.45) is 10.2. The van der Waals surface area contributed by atoms with Crippen LogP contribution < -0.4 is 0 Å². The van der Waals surface area contributed by atoms with Crippen molar-refractivity contribution in [3.8, 4) is 22.8 Å². The molecule has 1 aliphatic rings. The Hall–Kier alpha value is -3.59. The number of fused-ring (bicyclic) bond motifs is 1. The highest BCUT2D eigenvalue weighted by molar-refractivity contribution is 5.96. The van der Waals surface area contributed by atoms with Gasteiger partial charge in [-0.25, -0.2) is 9.97 Å². The third-order valence-corrected chi connectivity index (χ3v) is 4.80. The van der Waals surface area contributed by atoms with E-state index < -0.39 is 0 Å². The van der Waals surface area contributed by atoms with Gasteiger partial charge in [0.15, 0.2) is 5.82 Å². The Morgan fingerprint density at radius 2 is 1.52 bits per heavy atom. The lowest BCUT2D eigenvalue weighted by atomic mass is 9.99. The molecule has 0 unspecified atom stereocenters. The maximum Gasteiger partial charge on any atom is 0.178 e. The summed E-state index contributed by atoms with van der Waals surface area (Å²) in [6.45, 7) is 0. The van der Waals surface area contributed by atoms with E-state index in [9.17, 15) is 0 Å². The smallest absolute Gasteiger partial charge is 0.178 e. The standard InChI is InChI=1S/C24H17N3/c1-2-10-18(9-1)22-16-23(27-24(26-22)21-14-5-6-15-25-21)20-13-7-11-17-8-3-4-12-19(17)20/h1-16,18H. The second kappa shape index (κ2) is 6.61. The maximum absolute atomic E-state index is 4.87. The van der Waals surface area contributed by atoms with E-state index in [4.69, 9.17) is 9.97 Å². The first kappa shape index (κ1) is 15.6. The number of benzene rings is 2. The molecule has 2 aromatic carbocycles. The van der Waals surface area contributed by atoms with Gasteiger partial charge in [-0.05, 0) is 29.0 Å². The molecule has 0 saturated carbocycles. The number of hydrogen-bond donors (Lipinski definition) is 0. The molecule has 0 fully saturated rings. The lowest BCUT2D eigenvalue weighted by molar-refractivity contribution is 0.978. The molecule has 2 heterocycles. The Bertz CT molecular complexity index is 1160. The molecule has 0 saturated heterocycles. The van der Waals surface area contributed by atoms with Crippen LogP contribution in [0, 0.1) is 0 Å². The number of pyridine rings is 1. The second-order valence-corrected chi connectivity index (χ2v) is 6.54. The number of aromatic nitrogens is 3. The van der Waals surface area contributed by atoms with Crippen molar-refractivity contribution in [3.63, 3.8) is 0 Å². The van der Waals surface area contributed by atoms with Gasteiger partial charge in [-0.1, -0.05) is 72.8 Å². The van der Waals surface area contributed by atoms with Gasteiger partial charge >= 0.3 is 0 Å². The van der Waals surface area contributed by atoms with Crippen molar-refractivity contribution in [2.75, 3.05) is 0 Å². The Labute approximate surface area is 157 Å². The van der Waals surface area contributed by atoms with E-state index >= 15 is 0 Å². The summed E-state index contributed by atoms with van der Waals surface area (Å²) < 4.78 is 0. The first-order valence-electron chi connectivity index (χ1n) is 9.02. The molecule has 3 nitrogen and oxygen atoms in total. The zero-order valence-corrected chi connectivity index (χ0v) is 14.7. The molecule has 0 N–H and O–H groups in total. The highest BCUT2D eigenvalue weighted by atomic mass is 14.9. The van der Waals surface area contributed by atoms with Crippen LogP contribution in [0.2, 0.25) is 0 Å². The van der Waals surface area contributed by atoms with Gasteiger partial charge < -0.3 is 0 Å². The van der Waals surface area contributed by atoms with Crippen molar-refractivity contribution in [2.45, 2.75) is 5.92 Å². The number of nitrogens with zero attached hydrogens (tertiary/aromatic N) is 3. The molecule has 27 heavy (non-hydrogen) atoms. The van der Waals surface area contributed by atoms with Crippen LogP contribution in [-0.2, 0) is 0 Å². The summed E-state index contributed by atoms with van der Waals surface area (Å²) in [4.78, 5) is 14.1. The Morgan fingerprint density at radius 1 is 0.704 bits per heavy atom. The van der Waals surface area contributed by atoms with Crippen LogP contribution in [0.1, 0.15) is 11.6 Å². The molecular weight excluding hydrogens is 330 g/mol. The van der Waals surface area contributed by atoms with Gasteiger partial charge in [0.1, 0.15) is 5.69 Å². The fourth-order valence-electron chi connectivity index (χ4n) is 3.46. The van der Waals surface area contributed by atoms with Gasteiger partial charge in [0.05, 0.1) is 11.4 Å². The minimum absolute atomic E-state index is 0.171. The fourth-order valence-corrected chi connectivity index (χ4v) is 3.46. The molecule has 0 atom stereocenters. The topological polar surface area (TPSA) is 38.7 Å². The average molecular weight is 347 g/mol. The first-order valence-corrected chi connectivity index (χ1v) is 9.02. The zero-order chi connectivity index (χ0) is 18.1. The molecule has 5 rings (SSSR count). The average Bonchev–Trinajstić information content (AvgIpc) is 3.29. The van der Waals surface area contributed by atoms with E-state index in [1.807, 2.05) is 18.2 Å². The van der Waals surface area contributed by atoms with Crippen molar-refractivity contribution in [3.05, 3.63) is 103 Å². The maximum atomic E-state index is 4.87. The summed E-state index contributed by atoms with van der Waals surface area (Å²) in [5.41, 5.74) is 3.80. The summed E-state index contributed by atoms with van der Waals surface area (Å²) in [6, 6.07) is 22.6. The quantitative estimate of drug-likeness (QED) is 0.486. The summed E-state index contributed by atoms with van der Waals surface area (Å²) in [7, 11) is 0. The van der Waals surface area contributed by atoms with Crippen molar-refractivity contribution >= 4 is 10.8 Å². The van der Waals surface area contributed by atoms with Crippen molar-refractivity contribution in [2.24, 2.45) is 0 Å². The number of allylic oxidation sites excluding steroid dienone is 4. The SMILES string of the molecule is C1=CC(c2cc(-c3cccc4ccccc34)nc(-c3ccccn3)n2)C=C1. The molecule has 0 bridgehead atoms. The zero-order valence-electron chi connectivity index (χ0n) is 14.7. The molecule has 3 heteroatoms. The predicted octanol–water partition coefficient (Wildman–Crippen LogP) is 5.57. The van der Waals surface area contributed by atoms with E-state index in [0.717, 1.165) is 22.6 Å². The lowest BCUT2D eigenvalue weighted by Crippen LogP contribution is -2.01. The molecule has 0 amide bonds. The molecular formula is C24H17N3. The van der Waals surface area contributed by atoms with Crippen LogP contribution in [-0.4, -0.2) is 15.0 Å². The highest BCUT2D eigenvalue weighted by Crippen LogP contribution is 2.31. The van der Waals surface area contributed by atoms with Crippen molar-refractivity contribution in [1.82, 2.24) is 15.0 Å². The molecule has 4 aromatic rings. The second-order valence-electron chi connectivity index (χ2n) is 6.54. The van der Waals surface area contributed by atoms with Crippen LogP contribution in [0.4, 0.5) is 0 Å². The van der Waals surface area contributed by atoms with Crippen LogP contribution in [0.25, 0.3) is 33.5 Å². The van der Waals surface area contributed by atoms with Crippen LogP contribution in [0.5, 0.6) is 0 Å². The van der Waals surface area contributed by atoms with Gasteiger partial charge in [0.2, 0.25) is 0 Å². The van der Waals surface area contributed by atoms with E-state index in [1.54, 1.807) is 6.20 Å². The molecule has 0 radical (unpaired) electrons. The molecule has 0 aliphatic heterocycles. The van der Waals surface area contributed by atoms with Crippen LogP contribution >= 0.6 is 0 Å². The Morgan fingerprint density at radius 3 is 2.37 bits per heavy atom. The van der Waals surface area contributed by atoms with Crippen molar-refractivity contribution in [1.29, 1.82) is 0 Å². The third-order valence-electron chi connectivity index (χ3n) is 4.80. The van der Waals surface area contributed by atoms with Crippen LogP contribution in [0.3, 0.4) is 0 Å². The van der Waals surface area contributed by atoms with Gasteiger partial charge in [0.25, 0.3) is 0 Å². The van der Waals surface area contributed by atoms with Gasteiger partial charge in [-0.2, -0.15) is 0 Å². The van der Waals surface area contributed by atoms with Gasteiger partial charge in [-0.15, -0.1) is 0 Å². The molecule has 1 aliphatic carbocycles. The lowest BCUT2D eigenvalue weighted by Gasteiger charge is -2.12. The number of rotatable bonds is 3. The summed E-state index contributed by atoms with van der Waals surface area (Å²) >= 11 is 0. The summed E-state index contributed by atoms with van der Waals surface area (Å²) in [5, 5.41) is 2.39. The monoisotopic (exact) mass is 347 g/mol. The van der Waals surface area contributed by atoms with Gasteiger partial charge in [-0.3, -0.25) is 4.98 Å². The largest absolute Gasteiger partial charge is 0.253 e. The van der Waals surface area contributed by atoms with Crippen LogP contribution in [0.15, 0.2) is 97.2 Å². The molecule has 2 aromatic heterocycles. The minimum Gasteiger partial charge on any atom is -0.253 e. The molecule has 128 valence electrons. The number of hydrogen-bond acceptors (Lipinski definition) is 3. The third kappa shape index (κ3) is 2.93. The Balaban J connectivity index is 1.75. The van der Waals surface area contributed by atoms with Crippen molar-refractivity contribution < 1.29 is 0 Å². The fraction of sp³-hybridized carbons (Fsp3) is 0.0417. The highest BCUT2D eigenvalue weighted by Gasteiger charge is 2.16. The van der Waals surface area contributed by atoms with E-state index in [-0.39, 0.29) is 5.92 Å². The Kier molecular flexibility index (Phi) is 3.83. The minimum atomic E-state index is 0.171. The van der Waals surface area contributed by atoms with E-state index in [2.05, 4.69) is 77.8 Å². The molecule has 0 spiro atoms. The van der Waals surface area contributed by atoms with E-state index in [1.165, 1.54) is 10.8 Å². The van der Waals surface area contributed by atoms with E-state index in [0.29, 0.717) is 5.82 Å². The van der Waals surface area contributed by atoms with Gasteiger partial charge in [0, 0.05) is 17.7 Å². The first-order chi connectivity index (χ1) is 13.4. The summed E-state index contributed by atoms with van der Waals surface area (Å²) in [5.74, 6) is 0.828.